The fraction of sp³-hybridized carbons (Fsp3) is 0.120. The molecule has 0 unspecified atom stereocenters. The SMILES string of the molecule is CC(=NNC(=O)C(=O)Nc1ccc(C)c(C)c1)c1ccccc1OC(=O)c1ccccc1Cl. The molecule has 33 heavy (non-hydrogen) atoms. The number of amides is 2. The van der Waals surface area contributed by atoms with E-state index in [4.69, 9.17) is 16.3 Å². The van der Waals surface area contributed by atoms with Crippen LogP contribution in [0.2, 0.25) is 5.02 Å². The number of nitrogens with one attached hydrogen (secondary N) is 2. The Kier molecular flexibility index (Phi) is 7.58. The highest BCUT2D eigenvalue weighted by molar-refractivity contribution is 6.39. The van der Waals surface area contributed by atoms with Crippen LogP contribution in [0.3, 0.4) is 0 Å². The van der Waals surface area contributed by atoms with Crippen LogP contribution < -0.4 is 15.5 Å². The number of hydrogen-bond acceptors (Lipinski definition) is 5. The average Bonchev–Trinajstić information content (AvgIpc) is 2.80. The second-order valence-corrected chi connectivity index (χ2v) is 7.66. The maximum absolute atomic E-state index is 12.5. The van der Waals surface area contributed by atoms with Crippen molar-refractivity contribution in [1.29, 1.82) is 0 Å². The summed E-state index contributed by atoms with van der Waals surface area (Å²) in [5.74, 6) is -2.18. The molecule has 0 aliphatic carbocycles. The highest BCUT2D eigenvalue weighted by Gasteiger charge is 2.17. The van der Waals surface area contributed by atoms with E-state index in [9.17, 15) is 14.4 Å². The molecule has 0 saturated carbocycles. The third kappa shape index (κ3) is 6.05. The lowest BCUT2D eigenvalue weighted by atomic mass is 10.1. The van der Waals surface area contributed by atoms with E-state index in [1.54, 1.807) is 67.6 Å². The van der Waals surface area contributed by atoms with E-state index in [1.807, 2.05) is 19.9 Å². The maximum Gasteiger partial charge on any atom is 0.345 e. The lowest BCUT2D eigenvalue weighted by Gasteiger charge is -2.11. The third-order valence-electron chi connectivity index (χ3n) is 4.87. The lowest BCUT2D eigenvalue weighted by Crippen LogP contribution is -2.33. The molecule has 8 heteroatoms. The predicted octanol–water partition coefficient (Wildman–Crippen LogP) is 4.65. The van der Waals surface area contributed by atoms with E-state index in [-0.39, 0.29) is 16.3 Å². The van der Waals surface area contributed by atoms with Crippen LogP contribution in [-0.4, -0.2) is 23.5 Å². The number of hydrogen-bond donors (Lipinski definition) is 2. The van der Waals surface area contributed by atoms with Crippen LogP contribution in [0.1, 0.15) is 34.0 Å². The molecule has 0 saturated heterocycles. The molecule has 2 N–H and O–H groups in total. The zero-order valence-electron chi connectivity index (χ0n) is 18.3. The molecule has 0 heterocycles. The van der Waals surface area contributed by atoms with Gasteiger partial charge in [0, 0.05) is 11.3 Å². The number of nitrogens with zero attached hydrogens (tertiary/aromatic N) is 1. The number of para-hydroxylation sites is 1. The van der Waals surface area contributed by atoms with Gasteiger partial charge in [-0.25, -0.2) is 10.2 Å². The number of benzene rings is 3. The molecule has 0 spiro atoms. The van der Waals surface area contributed by atoms with Crippen LogP contribution in [0, 0.1) is 13.8 Å². The minimum Gasteiger partial charge on any atom is -0.422 e. The first-order valence-electron chi connectivity index (χ1n) is 10.0. The van der Waals surface area contributed by atoms with Crippen molar-refractivity contribution in [3.8, 4) is 5.75 Å². The molecule has 0 bridgehead atoms. The zero-order chi connectivity index (χ0) is 24.0. The molecule has 0 radical (unpaired) electrons. The van der Waals surface area contributed by atoms with E-state index in [0.717, 1.165) is 11.1 Å². The molecule has 0 aliphatic heterocycles. The van der Waals surface area contributed by atoms with Crippen LogP contribution in [0.5, 0.6) is 5.75 Å². The van der Waals surface area contributed by atoms with Gasteiger partial charge >= 0.3 is 17.8 Å². The first-order chi connectivity index (χ1) is 15.8. The van der Waals surface area contributed by atoms with Crippen LogP contribution >= 0.6 is 11.6 Å². The topological polar surface area (TPSA) is 96.9 Å². The Labute approximate surface area is 196 Å². The fourth-order valence-electron chi connectivity index (χ4n) is 2.89. The van der Waals surface area contributed by atoms with E-state index in [1.165, 1.54) is 0 Å². The average molecular weight is 464 g/mol. The van der Waals surface area contributed by atoms with Crippen molar-refractivity contribution in [2.24, 2.45) is 5.10 Å². The molecular formula is C25H22ClN3O4. The number of halogens is 1. The van der Waals surface area contributed by atoms with Gasteiger partial charge in [0.1, 0.15) is 5.75 Å². The Bertz CT molecular complexity index is 1250. The van der Waals surface area contributed by atoms with Crippen molar-refractivity contribution < 1.29 is 19.1 Å². The van der Waals surface area contributed by atoms with Crippen molar-refractivity contribution in [1.82, 2.24) is 5.43 Å². The molecule has 0 fully saturated rings. The molecule has 2 amide bonds. The number of hydrazone groups is 1. The second kappa shape index (κ2) is 10.6. The van der Waals surface area contributed by atoms with Crippen molar-refractivity contribution in [2.75, 3.05) is 5.32 Å². The summed E-state index contributed by atoms with van der Waals surface area (Å²) < 4.78 is 5.49. The number of rotatable bonds is 5. The molecule has 7 nitrogen and oxygen atoms in total. The highest BCUT2D eigenvalue weighted by Crippen LogP contribution is 2.22. The van der Waals surface area contributed by atoms with Gasteiger partial charge in [0.2, 0.25) is 0 Å². The molecule has 3 aromatic rings. The van der Waals surface area contributed by atoms with Gasteiger partial charge < -0.3 is 10.1 Å². The number of carbonyl (C=O) groups excluding carboxylic acids is 3. The molecule has 3 rings (SSSR count). The van der Waals surface area contributed by atoms with Crippen molar-refractivity contribution in [2.45, 2.75) is 20.8 Å². The Morgan fingerprint density at radius 2 is 1.52 bits per heavy atom. The van der Waals surface area contributed by atoms with E-state index < -0.39 is 17.8 Å². The van der Waals surface area contributed by atoms with Gasteiger partial charge in [-0.2, -0.15) is 5.10 Å². The standard InChI is InChI=1S/C25H22ClN3O4/c1-15-12-13-18(14-16(15)2)27-23(30)24(31)29-28-17(3)19-8-5-7-11-22(19)33-25(32)20-9-4-6-10-21(20)26/h4-14H,1-3H3,(H,27,30)(H,29,31). The number of carbonyl (C=O) groups is 3. The molecule has 168 valence electrons. The third-order valence-corrected chi connectivity index (χ3v) is 5.20. The number of ether oxygens (including phenoxy) is 1. The van der Waals surface area contributed by atoms with E-state index in [0.29, 0.717) is 17.0 Å². The lowest BCUT2D eigenvalue weighted by molar-refractivity contribution is -0.136. The van der Waals surface area contributed by atoms with Crippen LogP contribution in [-0.2, 0) is 9.59 Å². The minimum absolute atomic E-state index is 0.222. The molecule has 0 atom stereocenters. The van der Waals surface area contributed by atoms with Crippen LogP contribution in [0.4, 0.5) is 5.69 Å². The number of aryl methyl sites for hydroxylation is 2. The molecule has 3 aromatic carbocycles. The summed E-state index contributed by atoms with van der Waals surface area (Å²) >= 11 is 6.07. The summed E-state index contributed by atoms with van der Waals surface area (Å²) in [7, 11) is 0. The number of esters is 1. The van der Waals surface area contributed by atoms with Gasteiger partial charge in [0.15, 0.2) is 0 Å². The Hall–Kier alpha value is -3.97. The monoisotopic (exact) mass is 463 g/mol. The first kappa shape index (κ1) is 23.7. The minimum atomic E-state index is -0.932. The summed E-state index contributed by atoms with van der Waals surface area (Å²) in [5.41, 5.74) is 5.83. The summed E-state index contributed by atoms with van der Waals surface area (Å²) in [5, 5.41) is 6.79. The molecule has 0 aliphatic rings. The van der Waals surface area contributed by atoms with Gasteiger partial charge in [0.05, 0.1) is 16.3 Å². The van der Waals surface area contributed by atoms with Crippen LogP contribution in [0.25, 0.3) is 0 Å². The summed E-state index contributed by atoms with van der Waals surface area (Å²) in [6.45, 7) is 5.48. The van der Waals surface area contributed by atoms with Gasteiger partial charge in [-0.15, -0.1) is 0 Å². The first-order valence-corrected chi connectivity index (χ1v) is 10.4. The maximum atomic E-state index is 12.5. The van der Waals surface area contributed by atoms with Crippen molar-refractivity contribution in [3.05, 3.63) is 94.0 Å². The van der Waals surface area contributed by atoms with Crippen molar-refractivity contribution >= 4 is 40.8 Å². The summed E-state index contributed by atoms with van der Waals surface area (Å²) in [6.07, 6.45) is 0. The quantitative estimate of drug-likeness (QED) is 0.189. The zero-order valence-corrected chi connectivity index (χ0v) is 19.1. The van der Waals surface area contributed by atoms with Gasteiger partial charge in [0.25, 0.3) is 0 Å². The summed E-state index contributed by atoms with van der Waals surface area (Å²) in [6, 6.07) is 18.6. The van der Waals surface area contributed by atoms with E-state index >= 15 is 0 Å². The second-order valence-electron chi connectivity index (χ2n) is 7.26. The Morgan fingerprint density at radius 1 is 0.848 bits per heavy atom. The highest BCUT2D eigenvalue weighted by atomic mass is 35.5. The van der Waals surface area contributed by atoms with Crippen LogP contribution in [0.15, 0.2) is 71.8 Å². The fourth-order valence-corrected chi connectivity index (χ4v) is 3.10. The van der Waals surface area contributed by atoms with Gasteiger partial charge in [-0.3, -0.25) is 9.59 Å². The van der Waals surface area contributed by atoms with Gasteiger partial charge in [-0.05, 0) is 68.3 Å². The van der Waals surface area contributed by atoms with E-state index in [2.05, 4.69) is 15.8 Å². The number of anilines is 1. The molecule has 0 aromatic heterocycles. The Morgan fingerprint density at radius 3 is 2.21 bits per heavy atom. The van der Waals surface area contributed by atoms with Gasteiger partial charge in [-0.1, -0.05) is 41.9 Å². The van der Waals surface area contributed by atoms with Crippen molar-refractivity contribution in [3.63, 3.8) is 0 Å². The Balaban J connectivity index is 1.69. The molecular weight excluding hydrogens is 442 g/mol. The summed E-state index contributed by atoms with van der Waals surface area (Å²) in [4.78, 5) is 36.9. The predicted molar refractivity (Wildman–Crippen MR) is 128 cm³/mol. The largest absolute Gasteiger partial charge is 0.422 e. The normalized spacial score (nSPS) is 11.0. The smallest absolute Gasteiger partial charge is 0.345 e.